The summed E-state index contributed by atoms with van der Waals surface area (Å²) in [6.07, 6.45) is 4.91. The van der Waals surface area contributed by atoms with Gasteiger partial charge in [-0.1, -0.05) is 25.1 Å². The first-order valence-corrected chi connectivity index (χ1v) is 15.8. The molecule has 0 saturated carbocycles. The third kappa shape index (κ3) is 9.51. The Morgan fingerprint density at radius 2 is 1.78 bits per heavy atom. The Hall–Kier alpha value is -4.48. The number of aromatic nitrogens is 1. The molecule has 0 radical (unpaired) electrons. The van der Waals surface area contributed by atoms with Gasteiger partial charge in [0.15, 0.2) is 0 Å². The maximum Gasteiger partial charge on any atom is 0.321 e. The lowest BCUT2D eigenvalue weighted by Crippen LogP contribution is -2.48. The van der Waals surface area contributed by atoms with Crippen molar-refractivity contribution in [2.75, 3.05) is 44.0 Å². The molecule has 11 nitrogen and oxygen atoms in total. The number of nitrogens with zero attached hydrogens (tertiary/aromatic N) is 3. The van der Waals surface area contributed by atoms with E-state index in [-0.39, 0.29) is 54.7 Å². The number of nitrogens with one attached hydrogen (secondary N) is 2. The number of fused-ring (bicyclic) bond motifs is 1. The zero-order valence-corrected chi connectivity index (χ0v) is 27.0. The van der Waals surface area contributed by atoms with Gasteiger partial charge in [-0.15, -0.1) is 0 Å². The van der Waals surface area contributed by atoms with E-state index in [2.05, 4.69) is 15.6 Å². The third-order valence-electron chi connectivity index (χ3n) is 8.08. The van der Waals surface area contributed by atoms with Crippen LogP contribution in [-0.2, 0) is 4.74 Å². The first-order valence-electron chi connectivity index (χ1n) is 15.8. The lowest BCUT2D eigenvalue weighted by atomic mass is 10.0. The number of hydrogen-bond acceptors (Lipinski definition) is 7. The fourth-order valence-corrected chi connectivity index (χ4v) is 5.26. The second-order valence-corrected chi connectivity index (χ2v) is 11.9. The Kier molecular flexibility index (Phi) is 12.5. The van der Waals surface area contributed by atoms with E-state index in [1.165, 1.54) is 12.4 Å². The highest BCUT2D eigenvalue weighted by molar-refractivity contribution is 6.05. The van der Waals surface area contributed by atoms with Gasteiger partial charge in [-0.05, 0) is 75.6 Å². The van der Waals surface area contributed by atoms with Crippen molar-refractivity contribution in [1.29, 1.82) is 0 Å². The summed E-state index contributed by atoms with van der Waals surface area (Å²) >= 11 is 0. The quantitative estimate of drug-likeness (QED) is 0.323. The summed E-state index contributed by atoms with van der Waals surface area (Å²) in [5, 5.41) is 16.0. The SMILES string of the molecule is C[C@H]1CCCCO[C@@H](CN(C)C(=O)Nc2ccccc2)[C@@H](C)CN([C@@H](C)CO)C(=O)c2cc(NC(=O)c3ccncc3)ccc2O1. The number of benzene rings is 2. The summed E-state index contributed by atoms with van der Waals surface area (Å²) in [6, 6.07) is 16.7. The van der Waals surface area contributed by atoms with Crippen molar-refractivity contribution >= 4 is 29.2 Å². The van der Waals surface area contributed by atoms with Crippen LogP contribution in [0.1, 0.15) is 60.7 Å². The largest absolute Gasteiger partial charge is 0.490 e. The van der Waals surface area contributed by atoms with E-state index in [1.807, 2.05) is 44.2 Å². The smallest absolute Gasteiger partial charge is 0.321 e. The van der Waals surface area contributed by atoms with Gasteiger partial charge in [-0.25, -0.2) is 4.79 Å². The van der Waals surface area contributed by atoms with Gasteiger partial charge < -0.3 is 35.0 Å². The number of anilines is 2. The van der Waals surface area contributed by atoms with Crippen LogP contribution in [0.4, 0.5) is 16.2 Å². The first-order chi connectivity index (χ1) is 22.2. The lowest BCUT2D eigenvalue weighted by molar-refractivity contribution is -0.0115. The standard InChI is InChI=1S/C35H45N5O6/c1-24-21-40(25(2)23-41)34(43)30-20-29(37-33(42)27-15-17-36-18-16-27)13-14-31(30)46-26(3)10-8-9-19-45-32(24)22-39(4)35(44)38-28-11-6-5-7-12-28/h5-7,11-18,20,24-26,32,41H,8-10,19,21-23H2,1-4H3,(H,37,42)(H,38,44)/t24-,25-,26-,32-/m0/s1. The fourth-order valence-electron chi connectivity index (χ4n) is 5.26. The number of aliphatic hydroxyl groups excluding tert-OH is 1. The molecule has 1 aromatic heterocycles. The topological polar surface area (TPSA) is 133 Å². The van der Waals surface area contributed by atoms with Gasteiger partial charge in [-0.3, -0.25) is 14.6 Å². The average Bonchev–Trinajstić information content (AvgIpc) is 3.06. The van der Waals surface area contributed by atoms with Crippen molar-refractivity contribution in [3.8, 4) is 5.75 Å². The van der Waals surface area contributed by atoms with Gasteiger partial charge >= 0.3 is 6.03 Å². The number of rotatable bonds is 7. The Morgan fingerprint density at radius 1 is 1.04 bits per heavy atom. The van der Waals surface area contributed by atoms with Crippen molar-refractivity contribution in [2.45, 2.75) is 58.3 Å². The summed E-state index contributed by atoms with van der Waals surface area (Å²) in [7, 11) is 1.72. The number of hydrogen-bond donors (Lipinski definition) is 3. The molecule has 0 saturated heterocycles. The second-order valence-electron chi connectivity index (χ2n) is 11.9. The molecule has 0 aliphatic carbocycles. The van der Waals surface area contributed by atoms with Crippen LogP contribution >= 0.6 is 0 Å². The average molecular weight is 632 g/mol. The minimum atomic E-state index is -0.525. The third-order valence-corrected chi connectivity index (χ3v) is 8.08. The normalized spacial score (nSPS) is 20.0. The second kappa shape index (κ2) is 16.7. The van der Waals surface area contributed by atoms with E-state index < -0.39 is 6.04 Å². The molecule has 1 aliphatic heterocycles. The lowest BCUT2D eigenvalue weighted by Gasteiger charge is -2.35. The van der Waals surface area contributed by atoms with E-state index >= 15 is 0 Å². The number of ether oxygens (including phenoxy) is 2. The highest BCUT2D eigenvalue weighted by atomic mass is 16.5. The van der Waals surface area contributed by atoms with Gasteiger partial charge in [0.25, 0.3) is 11.8 Å². The molecular formula is C35H45N5O6. The molecule has 4 rings (SSSR count). The number of aliphatic hydroxyl groups is 1. The molecule has 0 bridgehead atoms. The molecular weight excluding hydrogens is 586 g/mol. The zero-order valence-electron chi connectivity index (χ0n) is 27.0. The van der Waals surface area contributed by atoms with Crippen LogP contribution in [0, 0.1) is 5.92 Å². The van der Waals surface area contributed by atoms with E-state index in [0.717, 1.165) is 19.3 Å². The summed E-state index contributed by atoms with van der Waals surface area (Å²) in [5.74, 6) is -0.476. The maximum absolute atomic E-state index is 14.3. The van der Waals surface area contributed by atoms with E-state index in [0.29, 0.717) is 35.8 Å². The molecule has 0 spiro atoms. The number of carbonyl (C=O) groups is 3. The predicted molar refractivity (Wildman–Crippen MR) is 177 cm³/mol. The number of carbonyl (C=O) groups excluding carboxylic acids is 3. The Bertz CT molecular complexity index is 1440. The van der Waals surface area contributed by atoms with E-state index in [1.54, 1.807) is 54.1 Å². The molecule has 0 unspecified atom stereocenters. The van der Waals surface area contributed by atoms with Gasteiger partial charge in [0.2, 0.25) is 0 Å². The van der Waals surface area contributed by atoms with Crippen molar-refractivity contribution in [1.82, 2.24) is 14.8 Å². The van der Waals surface area contributed by atoms with Crippen LogP contribution in [0.2, 0.25) is 0 Å². The maximum atomic E-state index is 14.3. The molecule has 46 heavy (non-hydrogen) atoms. The van der Waals surface area contributed by atoms with Crippen LogP contribution in [-0.4, -0.2) is 89.3 Å². The van der Waals surface area contributed by atoms with Crippen LogP contribution < -0.4 is 15.4 Å². The van der Waals surface area contributed by atoms with E-state index in [4.69, 9.17) is 9.47 Å². The molecule has 2 heterocycles. The molecule has 4 atom stereocenters. The molecule has 246 valence electrons. The number of amides is 4. The highest BCUT2D eigenvalue weighted by Crippen LogP contribution is 2.29. The fraction of sp³-hybridized carbons (Fsp3) is 0.429. The number of pyridine rings is 1. The summed E-state index contributed by atoms with van der Waals surface area (Å²) in [6.45, 7) is 6.51. The number of urea groups is 1. The van der Waals surface area contributed by atoms with Crippen LogP contribution in [0.3, 0.4) is 0 Å². The van der Waals surface area contributed by atoms with E-state index in [9.17, 15) is 19.5 Å². The Morgan fingerprint density at radius 3 is 2.50 bits per heavy atom. The molecule has 11 heteroatoms. The van der Waals surface area contributed by atoms with Crippen LogP contribution in [0.5, 0.6) is 5.75 Å². The first kappa shape index (κ1) is 34.4. The highest BCUT2D eigenvalue weighted by Gasteiger charge is 2.31. The summed E-state index contributed by atoms with van der Waals surface area (Å²) < 4.78 is 12.6. The molecule has 0 fully saturated rings. The minimum absolute atomic E-state index is 0.182. The predicted octanol–water partition coefficient (Wildman–Crippen LogP) is 5.29. The van der Waals surface area contributed by atoms with Gasteiger partial charge in [0.1, 0.15) is 5.75 Å². The minimum Gasteiger partial charge on any atom is -0.490 e. The Labute approximate surface area is 270 Å². The molecule has 4 amide bonds. The van der Waals surface area contributed by atoms with Gasteiger partial charge in [0, 0.05) is 62.0 Å². The summed E-state index contributed by atoms with van der Waals surface area (Å²) in [5.41, 5.74) is 1.84. The van der Waals surface area contributed by atoms with Crippen molar-refractivity contribution in [3.05, 3.63) is 84.2 Å². The number of likely N-dealkylation sites (N-methyl/N-ethyl adjacent to an activating group) is 1. The monoisotopic (exact) mass is 631 g/mol. The molecule has 2 aromatic carbocycles. The molecule has 3 aromatic rings. The molecule has 1 aliphatic rings. The van der Waals surface area contributed by atoms with Gasteiger partial charge in [0.05, 0.1) is 30.4 Å². The van der Waals surface area contributed by atoms with Crippen molar-refractivity contribution in [3.63, 3.8) is 0 Å². The van der Waals surface area contributed by atoms with Crippen LogP contribution in [0.25, 0.3) is 0 Å². The van der Waals surface area contributed by atoms with Crippen molar-refractivity contribution in [2.24, 2.45) is 5.92 Å². The molecule has 3 N–H and O–H groups in total. The van der Waals surface area contributed by atoms with Gasteiger partial charge in [-0.2, -0.15) is 0 Å². The number of para-hydroxylation sites is 1. The van der Waals surface area contributed by atoms with Crippen molar-refractivity contribution < 1.29 is 29.0 Å². The zero-order chi connectivity index (χ0) is 33.1. The Balaban J connectivity index is 1.60. The van der Waals surface area contributed by atoms with Crippen LogP contribution in [0.15, 0.2) is 73.1 Å². The summed E-state index contributed by atoms with van der Waals surface area (Å²) in [4.78, 5) is 47.4.